The van der Waals surface area contributed by atoms with E-state index in [1.54, 1.807) is 30.3 Å². The first-order chi connectivity index (χ1) is 13.7. The number of esters is 1. The van der Waals surface area contributed by atoms with Gasteiger partial charge in [-0.1, -0.05) is 23.7 Å². The molecular weight excluding hydrogens is 533 g/mol. The SMILES string of the molecule is N#CC(=Cc1ccc(Cl)cc1)C(=O)OCC(=O)Nc1c(Br)cc([N+](=O)[O-])cc1Br. The molecule has 0 aromatic heterocycles. The number of non-ortho nitro benzene ring substituents is 1. The van der Waals surface area contributed by atoms with Crippen LogP contribution in [-0.4, -0.2) is 23.4 Å². The lowest BCUT2D eigenvalue weighted by Crippen LogP contribution is -2.21. The number of hydrogen-bond acceptors (Lipinski definition) is 6. The zero-order valence-corrected chi connectivity index (χ0v) is 18.2. The average molecular weight is 544 g/mol. The number of nitrogens with zero attached hydrogens (tertiary/aromatic N) is 2. The van der Waals surface area contributed by atoms with Crippen molar-refractivity contribution in [2.45, 2.75) is 0 Å². The van der Waals surface area contributed by atoms with Crippen molar-refractivity contribution in [3.63, 3.8) is 0 Å². The molecule has 11 heteroatoms. The molecule has 0 aliphatic rings. The first kappa shape index (κ1) is 22.5. The third-order valence-corrected chi connectivity index (χ3v) is 4.86. The lowest BCUT2D eigenvalue weighted by atomic mass is 10.1. The fraction of sp³-hybridized carbons (Fsp3) is 0.0556. The molecule has 2 aromatic carbocycles. The second kappa shape index (κ2) is 10.2. The molecule has 2 aromatic rings. The standard InChI is InChI=1S/C18H10Br2ClN3O5/c19-14-6-13(24(27)28)7-15(20)17(14)23-16(25)9-29-18(26)11(8-22)5-10-1-3-12(21)4-2-10/h1-7H,9H2,(H,23,25). The molecule has 0 aliphatic heterocycles. The summed E-state index contributed by atoms with van der Waals surface area (Å²) in [6.45, 7) is -0.658. The molecule has 0 saturated heterocycles. The predicted octanol–water partition coefficient (Wildman–Crippen LogP) is 4.86. The number of nitro groups is 1. The number of nitrogens with one attached hydrogen (secondary N) is 1. The van der Waals surface area contributed by atoms with Gasteiger partial charge in [-0.05, 0) is 55.6 Å². The maximum atomic E-state index is 12.1. The summed E-state index contributed by atoms with van der Waals surface area (Å²) in [5.74, 6) is -1.67. The van der Waals surface area contributed by atoms with E-state index in [1.807, 2.05) is 0 Å². The summed E-state index contributed by atoms with van der Waals surface area (Å²) < 4.78 is 5.39. The molecular formula is C18H10Br2ClN3O5. The minimum Gasteiger partial charge on any atom is -0.451 e. The molecule has 148 valence electrons. The van der Waals surface area contributed by atoms with Crippen LogP contribution < -0.4 is 5.32 Å². The van der Waals surface area contributed by atoms with Crippen molar-refractivity contribution in [3.8, 4) is 6.07 Å². The van der Waals surface area contributed by atoms with Crippen LogP contribution >= 0.6 is 43.5 Å². The molecule has 0 spiro atoms. The highest BCUT2D eigenvalue weighted by Gasteiger charge is 2.18. The Morgan fingerprint density at radius 2 is 1.83 bits per heavy atom. The van der Waals surface area contributed by atoms with Crippen LogP contribution in [0.4, 0.5) is 11.4 Å². The van der Waals surface area contributed by atoms with Crippen LogP contribution in [-0.2, 0) is 14.3 Å². The molecule has 0 unspecified atom stereocenters. The summed E-state index contributed by atoms with van der Waals surface area (Å²) in [5, 5.41) is 22.9. The van der Waals surface area contributed by atoms with E-state index in [2.05, 4.69) is 37.2 Å². The second-order valence-electron chi connectivity index (χ2n) is 5.39. The van der Waals surface area contributed by atoms with Gasteiger partial charge in [0.2, 0.25) is 0 Å². The number of halogens is 3. The summed E-state index contributed by atoms with van der Waals surface area (Å²) in [6.07, 6.45) is 1.31. The van der Waals surface area contributed by atoms with Gasteiger partial charge in [0.05, 0.1) is 10.6 Å². The van der Waals surface area contributed by atoms with Crippen molar-refractivity contribution in [2.75, 3.05) is 11.9 Å². The molecule has 0 atom stereocenters. The molecule has 29 heavy (non-hydrogen) atoms. The van der Waals surface area contributed by atoms with Crippen molar-refractivity contribution in [1.29, 1.82) is 5.26 Å². The molecule has 0 aliphatic carbocycles. The maximum Gasteiger partial charge on any atom is 0.349 e. The Labute approximate surface area is 186 Å². The normalized spacial score (nSPS) is 10.8. The number of nitriles is 1. The van der Waals surface area contributed by atoms with Gasteiger partial charge in [0.25, 0.3) is 11.6 Å². The Morgan fingerprint density at radius 1 is 1.24 bits per heavy atom. The van der Waals surface area contributed by atoms with E-state index in [0.29, 0.717) is 10.6 Å². The van der Waals surface area contributed by atoms with Gasteiger partial charge in [0.1, 0.15) is 11.6 Å². The number of anilines is 1. The summed E-state index contributed by atoms with van der Waals surface area (Å²) >= 11 is 12.0. The van der Waals surface area contributed by atoms with Crippen LogP contribution in [0.2, 0.25) is 5.02 Å². The molecule has 2 rings (SSSR count). The van der Waals surface area contributed by atoms with E-state index in [-0.39, 0.29) is 25.9 Å². The van der Waals surface area contributed by atoms with Crippen LogP contribution in [0.5, 0.6) is 0 Å². The lowest BCUT2D eigenvalue weighted by Gasteiger charge is -2.10. The van der Waals surface area contributed by atoms with Crippen LogP contribution in [0, 0.1) is 21.4 Å². The summed E-state index contributed by atoms with van der Waals surface area (Å²) in [5.41, 5.74) is 0.317. The predicted molar refractivity (Wildman–Crippen MR) is 113 cm³/mol. The van der Waals surface area contributed by atoms with Gasteiger partial charge in [-0.15, -0.1) is 0 Å². The number of benzene rings is 2. The van der Waals surface area contributed by atoms with Gasteiger partial charge in [-0.3, -0.25) is 14.9 Å². The van der Waals surface area contributed by atoms with Crippen molar-refractivity contribution in [2.24, 2.45) is 0 Å². The Balaban J connectivity index is 2.03. The number of ether oxygens (including phenoxy) is 1. The van der Waals surface area contributed by atoms with Gasteiger partial charge < -0.3 is 10.1 Å². The van der Waals surface area contributed by atoms with E-state index in [0.717, 1.165) is 0 Å². The van der Waals surface area contributed by atoms with Gasteiger partial charge in [0, 0.05) is 26.1 Å². The van der Waals surface area contributed by atoms with E-state index in [9.17, 15) is 19.7 Å². The third kappa shape index (κ3) is 6.39. The Kier molecular flexibility index (Phi) is 7.90. The van der Waals surface area contributed by atoms with E-state index < -0.39 is 23.4 Å². The van der Waals surface area contributed by atoms with Gasteiger partial charge in [0.15, 0.2) is 6.61 Å². The number of carbonyl (C=O) groups is 2. The number of hydrogen-bond donors (Lipinski definition) is 1. The molecule has 1 N–H and O–H groups in total. The summed E-state index contributed by atoms with van der Waals surface area (Å²) in [7, 11) is 0. The summed E-state index contributed by atoms with van der Waals surface area (Å²) in [4.78, 5) is 34.4. The number of carbonyl (C=O) groups excluding carboxylic acids is 2. The topological polar surface area (TPSA) is 122 Å². The molecule has 0 bridgehead atoms. The van der Waals surface area contributed by atoms with Crippen LogP contribution in [0.15, 0.2) is 50.9 Å². The van der Waals surface area contributed by atoms with Gasteiger partial charge in [-0.2, -0.15) is 5.26 Å². The van der Waals surface area contributed by atoms with E-state index >= 15 is 0 Å². The van der Waals surface area contributed by atoms with Gasteiger partial charge in [-0.25, -0.2) is 4.79 Å². The minimum absolute atomic E-state index is 0.181. The highest BCUT2D eigenvalue weighted by molar-refractivity contribution is 9.11. The molecule has 0 radical (unpaired) electrons. The first-order valence-corrected chi connectivity index (χ1v) is 9.65. The Morgan fingerprint density at radius 3 is 2.34 bits per heavy atom. The largest absolute Gasteiger partial charge is 0.451 e. The zero-order valence-electron chi connectivity index (χ0n) is 14.3. The number of amides is 1. The van der Waals surface area contributed by atoms with Crippen molar-refractivity contribution in [1.82, 2.24) is 0 Å². The molecule has 0 saturated carbocycles. The number of rotatable bonds is 6. The number of nitro benzene ring substituents is 1. The fourth-order valence-electron chi connectivity index (χ4n) is 2.03. The average Bonchev–Trinajstić information content (AvgIpc) is 2.68. The third-order valence-electron chi connectivity index (χ3n) is 3.36. The van der Waals surface area contributed by atoms with Crippen molar-refractivity contribution >= 4 is 72.8 Å². The van der Waals surface area contributed by atoms with Gasteiger partial charge >= 0.3 is 5.97 Å². The minimum atomic E-state index is -0.973. The second-order valence-corrected chi connectivity index (χ2v) is 7.53. The van der Waals surface area contributed by atoms with E-state index in [1.165, 1.54) is 18.2 Å². The van der Waals surface area contributed by atoms with Crippen LogP contribution in [0.3, 0.4) is 0 Å². The quantitative estimate of drug-likeness (QED) is 0.183. The van der Waals surface area contributed by atoms with Crippen molar-refractivity contribution < 1.29 is 19.2 Å². The van der Waals surface area contributed by atoms with E-state index in [4.69, 9.17) is 21.6 Å². The molecule has 0 heterocycles. The zero-order chi connectivity index (χ0) is 21.6. The van der Waals surface area contributed by atoms with Crippen LogP contribution in [0.25, 0.3) is 6.08 Å². The Bertz CT molecular complexity index is 1030. The Hall–Kier alpha value is -2.74. The monoisotopic (exact) mass is 541 g/mol. The highest BCUT2D eigenvalue weighted by atomic mass is 79.9. The fourth-order valence-corrected chi connectivity index (χ4v) is 3.52. The maximum absolute atomic E-state index is 12.1. The lowest BCUT2D eigenvalue weighted by molar-refractivity contribution is -0.385. The van der Waals surface area contributed by atoms with Crippen molar-refractivity contribution in [3.05, 3.63) is 71.6 Å². The summed E-state index contributed by atoms with van der Waals surface area (Å²) in [6, 6.07) is 10.6. The molecule has 1 amide bonds. The molecule has 0 fully saturated rings. The molecule has 8 nitrogen and oxygen atoms in total. The first-order valence-electron chi connectivity index (χ1n) is 7.69. The van der Waals surface area contributed by atoms with Crippen LogP contribution in [0.1, 0.15) is 5.56 Å². The highest BCUT2D eigenvalue weighted by Crippen LogP contribution is 2.35. The smallest absolute Gasteiger partial charge is 0.349 e.